The summed E-state index contributed by atoms with van der Waals surface area (Å²) in [7, 11) is 0. The van der Waals surface area contributed by atoms with Crippen molar-refractivity contribution >= 4 is 28.0 Å². The molecule has 1 aromatic rings. The summed E-state index contributed by atoms with van der Waals surface area (Å²) >= 11 is 3.42. The molecule has 1 aliphatic carbocycles. The average molecular weight is 384 g/mol. The second-order valence-electron chi connectivity index (χ2n) is 6.88. The normalized spacial score (nSPS) is 15.9. The number of carboxylic acid groups (broad SMARTS) is 1. The SMILES string of the molecule is Cc1ccc(C(C(=O)O)N(C(=O)OC(C)(C)C)C2CC2)c(Br)c1. The maximum atomic E-state index is 12.6. The minimum Gasteiger partial charge on any atom is -0.479 e. The van der Waals surface area contributed by atoms with Gasteiger partial charge >= 0.3 is 12.1 Å². The van der Waals surface area contributed by atoms with Crippen molar-refractivity contribution in [1.29, 1.82) is 0 Å². The Morgan fingerprint density at radius 3 is 2.39 bits per heavy atom. The molecule has 1 amide bonds. The van der Waals surface area contributed by atoms with Crippen LogP contribution in [0.5, 0.6) is 0 Å². The number of rotatable bonds is 4. The zero-order valence-corrected chi connectivity index (χ0v) is 15.4. The monoisotopic (exact) mass is 383 g/mol. The van der Waals surface area contributed by atoms with E-state index < -0.39 is 23.7 Å². The Hall–Kier alpha value is -1.56. The fourth-order valence-electron chi connectivity index (χ4n) is 2.39. The number of halogens is 1. The average Bonchev–Trinajstić information content (AvgIpc) is 3.18. The van der Waals surface area contributed by atoms with Gasteiger partial charge < -0.3 is 9.84 Å². The standard InChI is InChI=1S/C17H22BrNO4/c1-10-5-8-12(13(18)9-10)14(15(20)21)19(11-6-7-11)16(22)23-17(2,3)4/h5,8-9,11,14H,6-7H2,1-4H3,(H,20,21). The van der Waals surface area contributed by atoms with Crippen LogP contribution in [0.3, 0.4) is 0 Å². The molecule has 1 N–H and O–H groups in total. The van der Waals surface area contributed by atoms with E-state index >= 15 is 0 Å². The Morgan fingerprint density at radius 2 is 1.96 bits per heavy atom. The number of aryl methyl sites for hydroxylation is 1. The van der Waals surface area contributed by atoms with Crippen LogP contribution in [0.2, 0.25) is 0 Å². The van der Waals surface area contributed by atoms with Gasteiger partial charge in [-0.1, -0.05) is 28.1 Å². The molecule has 1 saturated carbocycles. The van der Waals surface area contributed by atoms with Crippen LogP contribution < -0.4 is 0 Å². The lowest BCUT2D eigenvalue weighted by Crippen LogP contribution is -2.43. The van der Waals surface area contributed by atoms with Gasteiger partial charge in [-0.15, -0.1) is 0 Å². The van der Waals surface area contributed by atoms with Crippen LogP contribution in [0.15, 0.2) is 22.7 Å². The molecule has 1 aromatic carbocycles. The van der Waals surface area contributed by atoms with Gasteiger partial charge in [0.1, 0.15) is 5.60 Å². The molecule has 1 aliphatic rings. The highest BCUT2D eigenvalue weighted by Crippen LogP contribution is 2.38. The van der Waals surface area contributed by atoms with Crippen LogP contribution in [0.4, 0.5) is 4.79 Å². The first-order chi connectivity index (χ1) is 10.6. The largest absolute Gasteiger partial charge is 0.479 e. The molecule has 1 atom stereocenters. The van der Waals surface area contributed by atoms with Gasteiger partial charge in [0.15, 0.2) is 6.04 Å². The third-order valence-electron chi connectivity index (χ3n) is 3.51. The third kappa shape index (κ3) is 4.47. The summed E-state index contributed by atoms with van der Waals surface area (Å²) in [6, 6.07) is 4.30. The first-order valence-corrected chi connectivity index (χ1v) is 8.39. The predicted octanol–water partition coefficient (Wildman–Crippen LogP) is 4.28. The number of carbonyl (C=O) groups is 2. The minimum atomic E-state index is -1.06. The van der Waals surface area contributed by atoms with Gasteiger partial charge in [0.05, 0.1) is 0 Å². The summed E-state index contributed by atoms with van der Waals surface area (Å²) in [6.45, 7) is 7.24. The van der Waals surface area contributed by atoms with Gasteiger partial charge in [0, 0.05) is 16.1 Å². The molecule has 0 bridgehead atoms. The maximum absolute atomic E-state index is 12.6. The summed E-state index contributed by atoms with van der Waals surface area (Å²) in [6.07, 6.45) is 1.01. The molecular formula is C17H22BrNO4. The Kier molecular flexibility index (Phi) is 5.04. The molecule has 23 heavy (non-hydrogen) atoms. The Bertz CT molecular complexity index is 620. The molecule has 0 spiro atoms. The lowest BCUT2D eigenvalue weighted by molar-refractivity contribution is -0.143. The molecule has 1 fully saturated rings. The van der Waals surface area contributed by atoms with E-state index in [-0.39, 0.29) is 6.04 Å². The van der Waals surface area contributed by atoms with Gasteiger partial charge in [-0.3, -0.25) is 4.90 Å². The number of aliphatic carboxylic acids is 1. The van der Waals surface area contributed by atoms with Crippen LogP contribution in [0.1, 0.15) is 50.8 Å². The summed E-state index contributed by atoms with van der Waals surface area (Å²) in [5.41, 5.74) is 0.901. The van der Waals surface area contributed by atoms with Gasteiger partial charge in [0.25, 0.3) is 0 Å². The van der Waals surface area contributed by atoms with E-state index in [0.29, 0.717) is 10.0 Å². The van der Waals surface area contributed by atoms with E-state index in [2.05, 4.69) is 15.9 Å². The first kappa shape index (κ1) is 17.8. The molecule has 0 heterocycles. The van der Waals surface area contributed by atoms with Crippen LogP contribution in [-0.4, -0.2) is 33.7 Å². The molecule has 2 rings (SSSR count). The summed E-state index contributed by atoms with van der Waals surface area (Å²) in [4.78, 5) is 25.8. The molecule has 0 aliphatic heterocycles. The van der Waals surface area contributed by atoms with E-state index in [1.165, 1.54) is 4.90 Å². The summed E-state index contributed by atoms with van der Waals surface area (Å²) in [5, 5.41) is 9.74. The lowest BCUT2D eigenvalue weighted by Gasteiger charge is -2.32. The number of carbonyl (C=O) groups excluding carboxylic acids is 1. The molecule has 126 valence electrons. The van der Waals surface area contributed by atoms with Gasteiger partial charge in [-0.05, 0) is 52.2 Å². The van der Waals surface area contributed by atoms with E-state index in [9.17, 15) is 14.7 Å². The fraction of sp³-hybridized carbons (Fsp3) is 0.529. The number of ether oxygens (including phenoxy) is 1. The van der Waals surface area contributed by atoms with Crippen molar-refractivity contribution in [2.24, 2.45) is 0 Å². The minimum absolute atomic E-state index is 0.0841. The zero-order chi connectivity index (χ0) is 17.4. The molecule has 6 heteroatoms. The van der Waals surface area contributed by atoms with Crippen LogP contribution in [0.25, 0.3) is 0 Å². The first-order valence-electron chi connectivity index (χ1n) is 7.60. The van der Waals surface area contributed by atoms with Crippen molar-refractivity contribution in [2.45, 2.75) is 58.2 Å². The van der Waals surface area contributed by atoms with Crippen LogP contribution >= 0.6 is 15.9 Å². The number of carboxylic acids is 1. The topological polar surface area (TPSA) is 66.8 Å². The molecular weight excluding hydrogens is 362 g/mol. The number of hydrogen-bond acceptors (Lipinski definition) is 3. The highest BCUT2D eigenvalue weighted by molar-refractivity contribution is 9.10. The van der Waals surface area contributed by atoms with Crippen molar-refractivity contribution in [1.82, 2.24) is 4.90 Å². The fourth-order valence-corrected chi connectivity index (χ4v) is 3.10. The molecule has 0 saturated heterocycles. The Balaban J connectivity index is 2.40. The van der Waals surface area contributed by atoms with Crippen molar-refractivity contribution in [2.75, 3.05) is 0 Å². The predicted molar refractivity (Wildman–Crippen MR) is 90.4 cm³/mol. The molecule has 1 unspecified atom stereocenters. The van der Waals surface area contributed by atoms with Crippen molar-refractivity contribution in [3.63, 3.8) is 0 Å². The van der Waals surface area contributed by atoms with Crippen molar-refractivity contribution in [3.8, 4) is 0 Å². The number of hydrogen-bond donors (Lipinski definition) is 1. The van der Waals surface area contributed by atoms with Crippen LogP contribution in [0, 0.1) is 6.92 Å². The van der Waals surface area contributed by atoms with E-state index in [1.807, 2.05) is 19.1 Å². The van der Waals surface area contributed by atoms with E-state index in [4.69, 9.17) is 4.74 Å². The summed E-state index contributed by atoms with van der Waals surface area (Å²) in [5.74, 6) is -1.06. The van der Waals surface area contributed by atoms with Gasteiger partial charge in [-0.25, -0.2) is 9.59 Å². The number of nitrogens with zero attached hydrogens (tertiary/aromatic N) is 1. The second kappa shape index (κ2) is 6.51. The number of amides is 1. The Morgan fingerprint density at radius 1 is 1.35 bits per heavy atom. The Labute approximate surface area is 144 Å². The zero-order valence-electron chi connectivity index (χ0n) is 13.8. The third-order valence-corrected chi connectivity index (χ3v) is 4.19. The molecule has 0 aromatic heterocycles. The molecule has 5 nitrogen and oxygen atoms in total. The lowest BCUT2D eigenvalue weighted by atomic mass is 10.0. The molecule has 0 radical (unpaired) electrons. The number of benzene rings is 1. The smallest absolute Gasteiger partial charge is 0.411 e. The van der Waals surface area contributed by atoms with E-state index in [0.717, 1.165) is 18.4 Å². The van der Waals surface area contributed by atoms with Gasteiger partial charge in [-0.2, -0.15) is 0 Å². The van der Waals surface area contributed by atoms with Crippen LogP contribution in [-0.2, 0) is 9.53 Å². The highest BCUT2D eigenvalue weighted by Gasteiger charge is 2.44. The highest BCUT2D eigenvalue weighted by atomic mass is 79.9. The van der Waals surface area contributed by atoms with Crippen molar-refractivity contribution < 1.29 is 19.4 Å². The second-order valence-corrected chi connectivity index (χ2v) is 7.74. The maximum Gasteiger partial charge on any atom is 0.411 e. The quantitative estimate of drug-likeness (QED) is 0.842. The van der Waals surface area contributed by atoms with E-state index in [1.54, 1.807) is 26.8 Å². The van der Waals surface area contributed by atoms with Gasteiger partial charge in [0.2, 0.25) is 0 Å². The summed E-state index contributed by atoms with van der Waals surface area (Å²) < 4.78 is 6.11. The van der Waals surface area contributed by atoms with Crippen molar-refractivity contribution in [3.05, 3.63) is 33.8 Å².